The van der Waals surface area contributed by atoms with E-state index in [4.69, 9.17) is 9.47 Å². The second-order valence-corrected chi connectivity index (χ2v) is 9.15. The average Bonchev–Trinajstić information content (AvgIpc) is 2.84. The molecule has 0 radical (unpaired) electrons. The lowest BCUT2D eigenvalue weighted by atomic mass is 9.61. The van der Waals surface area contributed by atoms with Gasteiger partial charge in [-0.2, -0.15) is 9.97 Å². The largest absolute Gasteiger partial charge is 0.507 e. The van der Waals surface area contributed by atoms with E-state index < -0.39 is 17.8 Å². The number of hydrogen-bond donors (Lipinski definition) is 2. The molecule has 3 aliphatic rings. The Morgan fingerprint density at radius 2 is 1.97 bits per heavy atom. The van der Waals surface area contributed by atoms with Crippen LogP contribution in [0.5, 0.6) is 17.6 Å². The molecular weight excluding hydrogens is 427 g/mol. The molecule has 3 fully saturated rings. The van der Waals surface area contributed by atoms with Gasteiger partial charge in [0.25, 0.3) is 0 Å². The van der Waals surface area contributed by atoms with E-state index in [2.05, 4.69) is 30.5 Å². The Bertz CT molecular complexity index is 1170. The molecule has 1 aliphatic carbocycles. The van der Waals surface area contributed by atoms with Crippen molar-refractivity contribution < 1.29 is 19.0 Å². The number of nitrogens with one attached hydrogen (secondary N) is 1. The molecule has 6 rings (SSSR count). The predicted molar refractivity (Wildman–Crippen MR) is 118 cm³/mol. The van der Waals surface area contributed by atoms with Gasteiger partial charge in [-0.15, -0.1) is 10.2 Å². The van der Waals surface area contributed by atoms with Gasteiger partial charge in [0.05, 0.1) is 18.3 Å². The Kier molecular flexibility index (Phi) is 5.12. The van der Waals surface area contributed by atoms with Crippen LogP contribution in [0.15, 0.2) is 36.7 Å². The van der Waals surface area contributed by atoms with Gasteiger partial charge in [0.1, 0.15) is 18.2 Å². The first kappa shape index (κ1) is 21.4. The second kappa shape index (κ2) is 7.87. The van der Waals surface area contributed by atoms with Crippen molar-refractivity contribution >= 4 is 0 Å². The van der Waals surface area contributed by atoms with Gasteiger partial charge in [0.2, 0.25) is 5.88 Å². The third kappa shape index (κ3) is 3.74. The maximum Gasteiger partial charge on any atom is 0.319 e. The zero-order valence-corrected chi connectivity index (χ0v) is 18.6. The third-order valence-electron chi connectivity index (χ3n) is 6.82. The van der Waals surface area contributed by atoms with Crippen LogP contribution in [0.3, 0.4) is 0 Å². The summed E-state index contributed by atoms with van der Waals surface area (Å²) in [4.78, 5) is 12.2. The Hall–Kier alpha value is -3.40. The highest BCUT2D eigenvalue weighted by Gasteiger charge is 2.58. The number of aromatic nitrogens is 5. The number of alkyl halides is 1. The van der Waals surface area contributed by atoms with E-state index in [1.54, 1.807) is 24.3 Å². The first-order valence-corrected chi connectivity index (χ1v) is 10.8. The van der Waals surface area contributed by atoms with Gasteiger partial charge >= 0.3 is 6.01 Å². The molecule has 0 unspecified atom stereocenters. The van der Waals surface area contributed by atoms with Gasteiger partial charge in [0, 0.05) is 29.2 Å². The third-order valence-corrected chi connectivity index (χ3v) is 6.82. The van der Waals surface area contributed by atoms with Crippen molar-refractivity contribution in [1.29, 1.82) is 0 Å². The van der Waals surface area contributed by atoms with Crippen molar-refractivity contribution in [3.05, 3.63) is 36.7 Å². The van der Waals surface area contributed by atoms with Crippen LogP contribution >= 0.6 is 0 Å². The number of methoxy groups -OCH3 is 1. The number of halogens is 1. The molecule has 2 N–H and O–H groups in total. The first-order valence-electron chi connectivity index (χ1n) is 10.8. The molecule has 33 heavy (non-hydrogen) atoms. The van der Waals surface area contributed by atoms with Crippen LogP contribution in [0.25, 0.3) is 22.6 Å². The number of hydrogen-bond acceptors (Lipinski definition) is 9. The summed E-state index contributed by atoms with van der Waals surface area (Å²) in [5.41, 5.74) is 0.667. The molecule has 2 saturated heterocycles. The minimum Gasteiger partial charge on any atom is -0.507 e. The first-order chi connectivity index (χ1) is 15.8. The van der Waals surface area contributed by atoms with Gasteiger partial charge in [0.15, 0.2) is 12.0 Å². The minimum atomic E-state index is -1.14. The van der Waals surface area contributed by atoms with Crippen molar-refractivity contribution in [1.82, 2.24) is 30.5 Å². The monoisotopic (exact) mass is 452 g/mol. The second-order valence-electron chi connectivity index (χ2n) is 9.15. The van der Waals surface area contributed by atoms with Crippen LogP contribution in [0, 0.1) is 5.41 Å². The molecule has 3 aromatic rings. The summed E-state index contributed by atoms with van der Waals surface area (Å²) in [6.45, 7) is 4.65. The van der Waals surface area contributed by atoms with Crippen LogP contribution in [-0.4, -0.2) is 61.7 Å². The average molecular weight is 452 g/mol. The lowest BCUT2D eigenvalue weighted by molar-refractivity contribution is -0.120. The fourth-order valence-electron chi connectivity index (χ4n) is 4.56. The maximum absolute atomic E-state index is 15.2. The van der Waals surface area contributed by atoms with E-state index in [0.717, 1.165) is 12.8 Å². The molecule has 172 valence electrons. The molecule has 9 nitrogen and oxygen atoms in total. The maximum atomic E-state index is 15.2. The standard InChI is InChI=1S/C23H25FN6O3/c1-22-8-9-23(2,27-11-22)18(24)19(22)33-17-7-6-15(29-30-17)14-5-4-13(10-16(14)31)20-25-12-26-21(28-20)32-3/h4-7,10,12,18-19,27,31H,8-9,11H2,1-3H3/t18-,19+,22+,23+/m1/s1. The topological polar surface area (TPSA) is 115 Å². The van der Waals surface area contributed by atoms with E-state index in [-0.39, 0.29) is 23.1 Å². The SMILES string of the molecule is COc1ncnc(-c2ccc(-c3ccc(O[C@H]4[C@@H](F)[C@]5(C)CC[C@@]4(C)CN5)nn3)c(O)c2)n1. The zero-order valence-electron chi connectivity index (χ0n) is 18.6. The molecule has 0 amide bonds. The lowest BCUT2D eigenvalue weighted by Gasteiger charge is -2.56. The van der Waals surface area contributed by atoms with E-state index in [1.165, 1.54) is 19.5 Å². The Balaban J connectivity index is 1.35. The quantitative estimate of drug-likeness (QED) is 0.603. The van der Waals surface area contributed by atoms with Crippen LogP contribution in [0.4, 0.5) is 4.39 Å². The van der Waals surface area contributed by atoms with Crippen molar-refractivity contribution in [2.24, 2.45) is 5.41 Å². The van der Waals surface area contributed by atoms with Crippen molar-refractivity contribution in [3.8, 4) is 40.3 Å². The number of aromatic hydroxyl groups is 1. The smallest absolute Gasteiger partial charge is 0.319 e. The van der Waals surface area contributed by atoms with Gasteiger partial charge < -0.3 is 19.9 Å². The van der Waals surface area contributed by atoms with E-state index in [9.17, 15) is 5.11 Å². The Morgan fingerprint density at radius 1 is 1.12 bits per heavy atom. The van der Waals surface area contributed by atoms with E-state index in [0.29, 0.717) is 29.2 Å². The minimum absolute atomic E-state index is 0.00484. The number of fused-ring (bicyclic) bond motifs is 3. The van der Waals surface area contributed by atoms with Gasteiger partial charge in [-0.25, -0.2) is 9.37 Å². The van der Waals surface area contributed by atoms with Crippen LogP contribution < -0.4 is 14.8 Å². The van der Waals surface area contributed by atoms with Gasteiger partial charge in [-0.05, 0) is 38.0 Å². The highest BCUT2D eigenvalue weighted by molar-refractivity contribution is 5.71. The molecule has 0 spiro atoms. The molecule has 2 aliphatic heterocycles. The van der Waals surface area contributed by atoms with Crippen LogP contribution in [0.2, 0.25) is 0 Å². The molecule has 4 heterocycles. The fourth-order valence-corrected chi connectivity index (χ4v) is 4.56. The molecule has 10 heteroatoms. The lowest BCUT2D eigenvalue weighted by Crippen LogP contribution is -2.72. The summed E-state index contributed by atoms with van der Waals surface area (Å²) >= 11 is 0. The van der Waals surface area contributed by atoms with Crippen molar-refractivity contribution in [3.63, 3.8) is 0 Å². The normalized spacial score (nSPS) is 28.5. The van der Waals surface area contributed by atoms with E-state index in [1.807, 2.05) is 13.8 Å². The summed E-state index contributed by atoms with van der Waals surface area (Å²) in [5.74, 6) is 0.629. The molecule has 2 bridgehead atoms. The van der Waals surface area contributed by atoms with Crippen LogP contribution in [-0.2, 0) is 0 Å². The Morgan fingerprint density at radius 3 is 2.64 bits per heavy atom. The predicted octanol–water partition coefficient (Wildman–Crippen LogP) is 2.96. The zero-order chi connectivity index (χ0) is 23.2. The molecule has 2 aromatic heterocycles. The highest BCUT2D eigenvalue weighted by Crippen LogP contribution is 2.48. The summed E-state index contributed by atoms with van der Waals surface area (Å²) in [5, 5.41) is 22.2. The summed E-state index contributed by atoms with van der Waals surface area (Å²) in [6, 6.07) is 8.54. The van der Waals surface area contributed by atoms with Crippen molar-refractivity contribution in [2.45, 2.75) is 44.5 Å². The van der Waals surface area contributed by atoms with E-state index >= 15 is 4.39 Å². The number of phenols is 1. The van der Waals surface area contributed by atoms with Crippen LogP contribution in [0.1, 0.15) is 26.7 Å². The summed E-state index contributed by atoms with van der Waals surface area (Å²) in [7, 11) is 1.47. The summed E-state index contributed by atoms with van der Waals surface area (Å²) < 4.78 is 26.2. The number of piperidine rings is 2. The fraction of sp³-hybridized carbons (Fsp3) is 0.435. The van der Waals surface area contributed by atoms with Gasteiger partial charge in [-0.1, -0.05) is 13.0 Å². The number of rotatable bonds is 5. The number of ether oxygens (including phenoxy) is 2. The highest BCUT2D eigenvalue weighted by atomic mass is 19.1. The molecule has 1 saturated carbocycles. The van der Waals surface area contributed by atoms with Gasteiger partial charge in [-0.3, -0.25) is 0 Å². The summed E-state index contributed by atoms with van der Waals surface area (Å²) in [6.07, 6.45) is 1.27. The number of phenolic OH excluding ortho intramolecular Hbond substituents is 1. The Labute approximate surface area is 190 Å². The number of nitrogens with zero attached hydrogens (tertiary/aromatic N) is 5. The molecule has 1 aromatic carbocycles. The van der Waals surface area contributed by atoms with Crippen molar-refractivity contribution in [2.75, 3.05) is 13.7 Å². The molecular formula is C23H25FN6O3. The number of benzene rings is 1. The molecule has 4 atom stereocenters.